The number of rotatable bonds is 6. The molecule has 3 heterocycles. The molecule has 3 aromatic carbocycles. The van der Waals surface area contributed by atoms with Gasteiger partial charge in [0.2, 0.25) is 0 Å². The number of carbonyl (C=O) groups is 1. The van der Waals surface area contributed by atoms with Crippen LogP contribution in [0.15, 0.2) is 91.4 Å². The Morgan fingerprint density at radius 1 is 0.975 bits per heavy atom. The van der Waals surface area contributed by atoms with Gasteiger partial charge in [0.1, 0.15) is 11.3 Å². The fourth-order valence-electron chi connectivity index (χ4n) is 4.58. The van der Waals surface area contributed by atoms with Crippen molar-refractivity contribution in [3.63, 3.8) is 0 Å². The molecule has 3 aromatic heterocycles. The Balaban J connectivity index is 1.35. The number of nitrogens with one attached hydrogen (secondary N) is 1. The summed E-state index contributed by atoms with van der Waals surface area (Å²) < 4.78 is 49.8. The summed E-state index contributed by atoms with van der Waals surface area (Å²) in [7, 11) is 1.58. The number of ether oxygens (including phenoxy) is 1. The molecule has 11 heteroatoms. The van der Waals surface area contributed by atoms with Crippen LogP contribution in [-0.4, -0.2) is 37.4 Å². The maximum Gasteiger partial charge on any atom is 0.433 e. The third kappa shape index (κ3) is 4.73. The van der Waals surface area contributed by atoms with Gasteiger partial charge in [-0.05, 0) is 34.5 Å². The maximum atomic E-state index is 14.1. The van der Waals surface area contributed by atoms with Gasteiger partial charge in [0.25, 0.3) is 5.91 Å². The molecule has 0 aliphatic heterocycles. The van der Waals surface area contributed by atoms with Crippen LogP contribution in [0.1, 0.15) is 21.6 Å². The summed E-state index contributed by atoms with van der Waals surface area (Å²) in [4.78, 5) is 17.7. The molecule has 0 bridgehead atoms. The lowest BCUT2D eigenvalue weighted by molar-refractivity contribution is -0.142. The van der Waals surface area contributed by atoms with Crippen molar-refractivity contribution in [3.05, 3.63) is 108 Å². The summed E-state index contributed by atoms with van der Waals surface area (Å²) >= 11 is 0. The zero-order chi connectivity index (χ0) is 27.9. The van der Waals surface area contributed by atoms with Crippen molar-refractivity contribution in [1.82, 2.24) is 24.4 Å². The summed E-state index contributed by atoms with van der Waals surface area (Å²) in [6.45, 7) is 0.425. The lowest BCUT2D eigenvalue weighted by Crippen LogP contribution is -2.15. The van der Waals surface area contributed by atoms with Gasteiger partial charge in [0, 0.05) is 11.8 Å². The quantitative estimate of drug-likeness (QED) is 0.276. The number of hydrogen-bond acceptors (Lipinski definition) is 5. The largest absolute Gasteiger partial charge is 0.497 e. The number of alkyl halides is 3. The van der Waals surface area contributed by atoms with Gasteiger partial charge in [-0.3, -0.25) is 9.48 Å². The van der Waals surface area contributed by atoms with Crippen LogP contribution in [0.4, 0.5) is 18.9 Å². The molecular weight excluding hydrogens is 521 g/mol. The predicted octanol–water partition coefficient (Wildman–Crippen LogP) is 6.07. The molecule has 40 heavy (non-hydrogen) atoms. The van der Waals surface area contributed by atoms with E-state index in [-0.39, 0.29) is 16.9 Å². The summed E-state index contributed by atoms with van der Waals surface area (Å²) in [5.41, 5.74) is 0.550. The van der Waals surface area contributed by atoms with Crippen LogP contribution in [-0.2, 0) is 12.7 Å². The molecule has 0 atom stereocenters. The minimum Gasteiger partial charge on any atom is -0.497 e. The van der Waals surface area contributed by atoms with Crippen molar-refractivity contribution in [1.29, 1.82) is 0 Å². The van der Waals surface area contributed by atoms with Crippen LogP contribution >= 0.6 is 0 Å². The highest BCUT2D eigenvalue weighted by Gasteiger charge is 2.36. The third-order valence-corrected chi connectivity index (χ3v) is 6.44. The number of amides is 1. The zero-order valence-electron chi connectivity index (χ0n) is 21.1. The first kappa shape index (κ1) is 25.1. The van der Waals surface area contributed by atoms with Crippen LogP contribution < -0.4 is 10.1 Å². The van der Waals surface area contributed by atoms with Gasteiger partial charge in [-0.2, -0.15) is 23.4 Å². The second-order valence-corrected chi connectivity index (χ2v) is 9.08. The SMILES string of the molecule is COc1cccc(Cn2cc(NC(=O)c3cnn4c(C(F)(F)F)cc(-c5cccc6ccccc56)nc34)cn2)c1. The number of aromatic nitrogens is 5. The fraction of sp³-hybridized carbons (Fsp3) is 0.103. The maximum absolute atomic E-state index is 14.1. The Morgan fingerprint density at radius 2 is 1.77 bits per heavy atom. The van der Waals surface area contributed by atoms with Crippen molar-refractivity contribution >= 4 is 28.0 Å². The van der Waals surface area contributed by atoms with E-state index in [1.54, 1.807) is 36.2 Å². The van der Waals surface area contributed by atoms with E-state index >= 15 is 0 Å². The number of fused-ring (bicyclic) bond motifs is 2. The molecule has 0 saturated carbocycles. The van der Waals surface area contributed by atoms with Crippen molar-refractivity contribution in [2.24, 2.45) is 0 Å². The normalized spacial score (nSPS) is 11.7. The summed E-state index contributed by atoms with van der Waals surface area (Å²) in [5, 5.41) is 12.4. The number of anilines is 1. The van der Waals surface area contributed by atoms with Crippen LogP contribution in [0.2, 0.25) is 0 Å². The molecule has 0 unspecified atom stereocenters. The van der Waals surface area contributed by atoms with Gasteiger partial charge in [0.15, 0.2) is 11.3 Å². The van der Waals surface area contributed by atoms with Gasteiger partial charge in [-0.1, -0.05) is 54.6 Å². The average Bonchev–Trinajstić information content (AvgIpc) is 3.58. The van der Waals surface area contributed by atoms with Crippen LogP contribution in [0.25, 0.3) is 27.7 Å². The van der Waals surface area contributed by atoms with E-state index in [2.05, 4.69) is 20.5 Å². The molecule has 200 valence electrons. The van der Waals surface area contributed by atoms with Crippen molar-refractivity contribution < 1.29 is 22.7 Å². The Labute approximate surface area is 225 Å². The van der Waals surface area contributed by atoms with E-state index in [1.807, 2.05) is 48.5 Å². The van der Waals surface area contributed by atoms with Crippen LogP contribution in [0.5, 0.6) is 5.75 Å². The highest BCUT2D eigenvalue weighted by molar-refractivity contribution is 6.08. The Hall–Kier alpha value is -5.19. The summed E-state index contributed by atoms with van der Waals surface area (Å²) in [5.74, 6) is 0.0477. The molecule has 6 aromatic rings. The van der Waals surface area contributed by atoms with Crippen molar-refractivity contribution in [2.75, 3.05) is 12.4 Å². The zero-order valence-corrected chi connectivity index (χ0v) is 21.1. The van der Waals surface area contributed by atoms with E-state index < -0.39 is 17.8 Å². The number of hydrogen-bond donors (Lipinski definition) is 1. The fourth-order valence-corrected chi connectivity index (χ4v) is 4.58. The lowest BCUT2D eigenvalue weighted by atomic mass is 10.0. The molecular formula is C29H21F3N6O2. The van der Waals surface area contributed by atoms with E-state index in [4.69, 9.17) is 4.74 Å². The second-order valence-electron chi connectivity index (χ2n) is 9.08. The van der Waals surface area contributed by atoms with E-state index in [0.717, 1.165) is 28.6 Å². The van der Waals surface area contributed by atoms with E-state index in [0.29, 0.717) is 28.1 Å². The predicted molar refractivity (Wildman–Crippen MR) is 143 cm³/mol. The van der Waals surface area contributed by atoms with Crippen LogP contribution in [0.3, 0.4) is 0 Å². The first-order valence-corrected chi connectivity index (χ1v) is 12.2. The number of nitrogens with zero attached hydrogens (tertiary/aromatic N) is 5. The molecule has 1 N–H and O–H groups in total. The molecule has 0 aliphatic carbocycles. The molecule has 1 amide bonds. The van der Waals surface area contributed by atoms with E-state index in [1.165, 1.54) is 6.20 Å². The molecule has 0 radical (unpaired) electrons. The molecule has 0 spiro atoms. The van der Waals surface area contributed by atoms with E-state index in [9.17, 15) is 18.0 Å². The molecule has 8 nitrogen and oxygen atoms in total. The Morgan fingerprint density at radius 3 is 2.60 bits per heavy atom. The number of methoxy groups -OCH3 is 1. The van der Waals surface area contributed by atoms with Gasteiger partial charge < -0.3 is 10.1 Å². The Bertz CT molecular complexity index is 1870. The monoisotopic (exact) mass is 542 g/mol. The first-order valence-electron chi connectivity index (χ1n) is 12.2. The van der Waals surface area contributed by atoms with Crippen molar-refractivity contribution in [3.8, 4) is 17.0 Å². The molecule has 6 rings (SSSR count). The third-order valence-electron chi connectivity index (χ3n) is 6.44. The average molecular weight is 543 g/mol. The van der Waals surface area contributed by atoms with Crippen LogP contribution in [0, 0.1) is 0 Å². The number of carbonyl (C=O) groups excluding carboxylic acids is 1. The standard InChI is InChI=1S/C29H21F3N6O2/c1-40-21-9-4-6-18(12-21)16-37-17-20(14-33-37)35-28(39)24-15-34-38-26(29(30,31)32)13-25(36-27(24)38)23-11-5-8-19-7-2-3-10-22(19)23/h2-15,17H,16H2,1H3,(H,35,39). The summed E-state index contributed by atoms with van der Waals surface area (Å²) in [6.07, 6.45) is -0.568. The second kappa shape index (κ2) is 9.84. The Kier molecular flexibility index (Phi) is 6.18. The lowest BCUT2D eigenvalue weighted by Gasteiger charge is -2.13. The van der Waals surface area contributed by atoms with Gasteiger partial charge >= 0.3 is 6.18 Å². The highest BCUT2D eigenvalue weighted by atomic mass is 19.4. The topological polar surface area (TPSA) is 86.3 Å². The smallest absolute Gasteiger partial charge is 0.433 e. The molecule has 0 saturated heterocycles. The first-order chi connectivity index (χ1) is 19.3. The number of benzene rings is 3. The molecule has 0 fully saturated rings. The van der Waals surface area contributed by atoms with Gasteiger partial charge in [-0.25, -0.2) is 9.50 Å². The molecule has 0 aliphatic rings. The minimum atomic E-state index is -4.73. The minimum absolute atomic E-state index is 0.0808. The van der Waals surface area contributed by atoms with Gasteiger partial charge in [-0.15, -0.1) is 0 Å². The summed E-state index contributed by atoms with van der Waals surface area (Å²) in [6, 6.07) is 21.1. The van der Waals surface area contributed by atoms with Crippen molar-refractivity contribution in [2.45, 2.75) is 12.7 Å². The number of halogens is 3. The van der Waals surface area contributed by atoms with Gasteiger partial charge in [0.05, 0.1) is 37.4 Å². The highest BCUT2D eigenvalue weighted by Crippen LogP contribution is 2.35.